The highest BCUT2D eigenvalue weighted by molar-refractivity contribution is 7.36. The van der Waals surface area contributed by atoms with E-state index < -0.39 is 62.7 Å². The van der Waals surface area contributed by atoms with Crippen LogP contribution < -0.4 is 16.1 Å². The molecule has 2 aliphatic rings. The van der Waals surface area contributed by atoms with Crippen molar-refractivity contribution in [1.29, 1.82) is 0 Å². The Balaban J connectivity index is 1.44. The van der Waals surface area contributed by atoms with E-state index in [-0.39, 0.29) is 11.7 Å². The standard InChI is InChI=1S/C23H29FN3O9P/c1-13-11-26(23(31)25-20(13)29)21-18(24)19(28)17(35-21)12-33-37(32)27(36-16-7-4-3-5-8-16)14(2)22(30)34-15-9-6-10-15/h3-5,7-8,11,14-15,17-19,21,28,37H,6,9-10,12H2,1-2H3,(H,25,29,31)/t14?,17-,18+,19-,21-/m0/s1. The minimum atomic E-state index is -3.29. The number of aromatic amines is 1. The lowest BCUT2D eigenvalue weighted by Crippen LogP contribution is -2.41. The Morgan fingerprint density at radius 3 is 2.68 bits per heavy atom. The molecule has 202 valence electrons. The lowest BCUT2D eigenvalue weighted by Gasteiger charge is -2.30. The van der Waals surface area contributed by atoms with E-state index >= 15 is 0 Å². The number of halogens is 1. The minimum absolute atomic E-state index is 0.145. The summed E-state index contributed by atoms with van der Waals surface area (Å²) in [4.78, 5) is 45.0. The quantitative estimate of drug-likeness (QED) is 0.258. The van der Waals surface area contributed by atoms with Crippen LogP contribution in [-0.2, 0) is 23.4 Å². The average Bonchev–Trinajstić information content (AvgIpc) is 3.14. The van der Waals surface area contributed by atoms with Crippen molar-refractivity contribution in [2.75, 3.05) is 6.61 Å². The number of ether oxygens (including phenoxy) is 2. The molecule has 1 aromatic heterocycles. The molecule has 0 spiro atoms. The summed E-state index contributed by atoms with van der Waals surface area (Å²) in [5.74, 6) is -0.349. The van der Waals surface area contributed by atoms with E-state index in [1.54, 1.807) is 30.3 Å². The van der Waals surface area contributed by atoms with E-state index in [0.717, 1.165) is 34.9 Å². The van der Waals surface area contributed by atoms with E-state index in [1.807, 2.05) is 4.98 Å². The molecule has 1 aliphatic carbocycles. The Labute approximate surface area is 211 Å². The lowest BCUT2D eigenvalue weighted by molar-refractivity contribution is -0.164. The van der Waals surface area contributed by atoms with Gasteiger partial charge in [0.1, 0.15) is 30.1 Å². The predicted molar refractivity (Wildman–Crippen MR) is 128 cm³/mol. The summed E-state index contributed by atoms with van der Waals surface area (Å²) in [6, 6.07) is 7.21. The third-order valence-corrected chi connectivity index (χ3v) is 7.49. The molecule has 2 fully saturated rings. The van der Waals surface area contributed by atoms with Gasteiger partial charge >= 0.3 is 11.7 Å². The number of H-pyrrole nitrogens is 1. The molecule has 2 aromatic rings. The van der Waals surface area contributed by atoms with Crippen LogP contribution in [0.3, 0.4) is 0 Å². The van der Waals surface area contributed by atoms with Crippen LogP contribution in [0.15, 0.2) is 46.1 Å². The number of esters is 1. The van der Waals surface area contributed by atoms with Crippen LogP contribution in [0.5, 0.6) is 5.75 Å². The van der Waals surface area contributed by atoms with Crippen molar-refractivity contribution in [3.63, 3.8) is 0 Å². The summed E-state index contributed by atoms with van der Waals surface area (Å²) in [5.41, 5.74) is -1.39. The number of nitrogens with one attached hydrogen (secondary N) is 1. The fraction of sp³-hybridized carbons (Fsp3) is 0.522. The molecule has 0 bridgehead atoms. The highest BCUT2D eigenvalue weighted by Gasteiger charge is 2.46. The van der Waals surface area contributed by atoms with Crippen LogP contribution in [0.1, 0.15) is 38.0 Å². The van der Waals surface area contributed by atoms with E-state index in [1.165, 1.54) is 13.8 Å². The number of carbonyl (C=O) groups is 1. The summed E-state index contributed by atoms with van der Waals surface area (Å²) in [5, 5.41) is 10.3. The molecule has 2 unspecified atom stereocenters. The molecular weight excluding hydrogens is 512 g/mol. The van der Waals surface area contributed by atoms with Crippen LogP contribution in [0.2, 0.25) is 0 Å². The largest absolute Gasteiger partial charge is 0.461 e. The Morgan fingerprint density at radius 1 is 1.32 bits per heavy atom. The lowest BCUT2D eigenvalue weighted by atomic mass is 9.96. The van der Waals surface area contributed by atoms with Crippen LogP contribution in [0.4, 0.5) is 4.39 Å². The number of para-hydroxylation sites is 1. The van der Waals surface area contributed by atoms with Crippen LogP contribution in [-0.4, -0.2) is 62.6 Å². The Kier molecular flexibility index (Phi) is 8.60. The van der Waals surface area contributed by atoms with Crippen LogP contribution in [0.25, 0.3) is 0 Å². The maximum atomic E-state index is 14.8. The number of hydrogen-bond acceptors (Lipinski definition) is 9. The van der Waals surface area contributed by atoms with Gasteiger partial charge in [0, 0.05) is 11.8 Å². The second-order valence-corrected chi connectivity index (χ2v) is 10.2. The van der Waals surface area contributed by atoms with Crippen molar-refractivity contribution in [3.8, 4) is 5.75 Å². The number of nitrogens with zero attached hydrogens (tertiary/aromatic N) is 2. The van der Waals surface area contributed by atoms with Gasteiger partial charge in [-0.2, -0.15) is 0 Å². The van der Waals surface area contributed by atoms with Gasteiger partial charge in [-0.15, -0.1) is 0 Å². The van der Waals surface area contributed by atoms with E-state index in [0.29, 0.717) is 5.75 Å². The Hall–Kier alpha value is -2.83. The highest BCUT2D eigenvalue weighted by atomic mass is 31.1. The molecule has 4 rings (SSSR count). The minimum Gasteiger partial charge on any atom is -0.461 e. The van der Waals surface area contributed by atoms with Crippen LogP contribution >= 0.6 is 8.18 Å². The summed E-state index contributed by atoms with van der Waals surface area (Å²) in [6.07, 6.45) is -3.20. The smallest absolute Gasteiger partial charge is 0.330 e. The maximum absolute atomic E-state index is 14.8. The first kappa shape index (κ1) is 27.2. The number of aliphatic hydroxyl groups excluding tert-OH is 1. The first-order valence-corrected chi connectivity index (χ1v) is 13.1. The summed E-state index contributed by atoms with van der Waals surface area (Å²) in [7, 11) is -3.29. The molecule has 2 heterocycles. The fourth-order valence-corrected chi connectivity index (χ4v) is 4.81. The van der Waals surface area contributed by atoms with Crippen molar-refractivity contribution in [2.24, 2.45) is 0 Å². The number of aliphatic hydroxyl groups is 1. The number of aromatic nitrogens is 2. The molecule has 12 nitrogen and oxygen atoms in total. The molecule has 2 N–H and O–H groups in total. The van der Waals surface area contributed by atoms with Gasteiger partial charge in [-0.05, 0) is 45.2 Å². The third-order valence-electron chi connectivity index (χ3n) is 6.24. The zero-order valence-electron chi connectivity index (χ0n) is 20.2. The molecule has 0 amide bonds. The van der Waals surface area contributed by atoms with Gasteiger partial charge in [-0.1, -0.05) is 23.0 Å². The van der Waals surface area contributed by atoms with Crippen molar-refractivity contribution in [3.05, 3.63) is 62.9 Å². The van der Waals surface area contributed by atoms with E-state index in [4.69, 9.17) is 18.8 Å². The number of alkyl halides is 1. The zero-order chi connectivity index (χ0) is 26.7. The SMILES string of the molecule is Cc1cn([C@H]2O[C@@H](CO[PH](=O)N(Oc3ccccc3)C(C)C(=O)OC3CCC3)[C@H](O)[C@H]2F)c(=O)[nH]c1=O. The number of aryl methyl sites for hydroxylation is 1. The second-order valence-electron chi connectivity index (χ2n) is 8.95. The number of carbonyl (C=O) groups excluding carboxylic acids is 1. The number of hydroxylamine groups is 1. The van der Waals surface area contributed by atoms with Crippen molar-refractivity contribution in [2.45, 2.75) is 69.9 Å². The van der Waals surface area contributed by atoms with Crippen molar-refractivity contribution in [1.82, 2.24) is 14.4 Å². The molecular formula is C23H29FN3O9P. The molecule has 37 heavy (non-hydrogen) atoms. The third kappa shape index (κ3) is 6.19. The van der Waals surface area contributed by atoms with Crippen LogP contribution in [0, 0.1) is 6.92 Å². The van der Waals surface area contributed by atoms with Gasteiger partial charge in [0.25, 0.3) is 13.7 Å². The molecule has 1 saturated carbocycles. The normalized spacial score (nSPS) is 25.4. The van der Waals surface area contributed by atoms with Gasteiger partial charge in [0.2, 0.25) is 0 Å². The summed E-state index contributed by atoms with van der Waals surface area (Å²) < 4.78 is 45.1. The fourth-order valence-electron chi connectivity index (χ4n) is 3.77. The van der Waals surface area contributed by atoms with Gasteiger partial charge < -0.3 is 23.9 Å². The first-order valence-electron chi connectivity index (χ1n) is 11.8. The number of benzene rings is 1. The van der Waals surface area contributed by atoms with Gasteiger partial charge in [-0.25, -0.2) is 9.18 Å². The molecule has 1 saturated heterocycles. The van der Waals surface area contributed by atoms with Crippen molar-refractivity contribution < 1.29 is 37.7 Å². The monoisotopic (exact) mass is 541 g/mol. The van der Waals surface area contributed by atoms with Gasteiger partial charge in [0.05, 0.1) is 6.61 Å². The van der Waals surface area contributed by atoms with E-state index in [2.05, 4.69) is 0 Å². The number of rotatable bonds is 10. The Bertz CT molecular complexity index is 1240. The molecule has 1 aliphatic heterocycles. The predicted octanol–water partition coefficient (Wildman–Crippen LogP) is 1.63. The van der Waals surface area contributed by atoms with Gasteiger partial charge in [0.15, 0.2) is 12.4 Å². The summed E-state index contributed by atoms with van der Waals surface area (Å²) >= 11 is 0. The summed E-state index contributed by atoms with van der Waals surface area (Å²) in [6.45, 7) is 2.35. The second kappa shape index (κ2) is 11.7. The number of hydrogen-bond donors (Lipinski definition) is 2. The van der Waals surface area contributed by atoms with Gasteiger partial charge in [-0.3, -0.25) is 23.7 Å². The van der Waals surface area contributed by atoms with E-state index in [9.17, 15) is 28.4 Å². The van der Waals surface area contributed by atoms with Crippen molar-refractivity contribution >= 4 is 14.1 Å². The molecule has 0 radical (unpaired) electrons. The average molecular weight is 541 g/mol. The molecule has 1 aromatic carbocycles. The molecule has 14 heteroatoms. The topological polar surface area (TPSA) is 149 Å². The highest BCUT2D eigenvalue weighted by Crippen LogP contribution is 2.37. The molecule has 6 atom stereocenters. The Morgan fingerprint density at radius 2 is 2.03 bits per heavy atom. The first-order chi connectivity index (χ1) is 17.7. The maximum Gasteiger partial charge on any atom is 0.330 e. The zero-order valence-corrected chi connectivity index (χ0v) is 21.2.